The van der Waals surface area contributed by atoms with E-state index in [1.165, 1.54) is 0 Å². The van der Waals surface area contributed by atoms with Crippen molar-refractivity contribution in [3.8, 4) is 5.75 Å². The molecule has 1 unspecified atom stereocenters. The molecule has 2 aromatic rings. The lowest BCUT2D eigenvalue weighted by atomic mass is 9.97. The van der Waals surface area contributed by atoms with Gasteiger partial charge in [-0.1, -0.05) is 30.1 Å². The van der Waals surface area contributed by atoms with Gasteiger partial charge in [-0.05, 0) is 63.1 Å². The third-order valence-electron chi connectivity index (χ3n) is 5.79. The van der Waals surface area contributed by atoms with Crippen LogP contribution in [0.3, 0.4) is 0 Å². The zero-order valence-electron chi connectivity index (χ0n) is 16.3. The number of phenols is 1. The van der Waals surface area contributed by atoms with Gasteiger partial charge in [0.2, 0.25) is 5.89 Å². The zero-order chi connectivity index (χ0) is 19.6. The summed E-state index contributed by atoms with van der Waals surface area (Å²) in [6, 6.07) is 7.03. The third kappa shape index (κ3) is 4.29. The van der Waals surface area contributed by atoms with Gasteiger partial charge in [-0.25, -0.2) is 4.79 Å². The summed E-state index contributed by atoms with van der Waals surface area (Å²) in [5.74, 6) is 2.01. The number of carbonyl (C=O) groups is 1. The SMILES string of the molecule is CC(CCc1ccc(O)cc1)NC(=O)NC1(c2noc(C3CC3)n2)CCCC1. The lowest BCUT2D eigenvalue weighted by molar-refractivity contribution is 0.217. The minimum Gasteiger partial charge on any atom is -0.508 e. The Kier molecular flexibility index (Phi) is 5.24. The summed E-state index contributed by atoms with van der Waals surface area (Å²) in [5.41, 5.74) is 0.621. The molecule has 150 valence electrons. The van der Waals surface area contributed by atoms with E-state index in [4.69, 9.17) is 4.52 Å². The van der Waals surface area contributed by atoms with Crippen molar-refractivity contribution in [2.75, 3.05) is 0 Å². The van der Waals surface area contributed by atoms with Crippen LogP contribution in [0, 0.1) is 0 Å². The van der Waals surface area contributed by atoms with Crippen LogP contribution in [-0.2, 0) is 12.0 Å². The molecule has 7 heteroatoms. The molecular weight excluding hydrogens is 356 g/mol. The predicted octanol–water partition coefficient (Wildman–Crippen LogP) is 3.74. The van der Waals surface area contributed by atoms with Gasteiger partial charge < -0.3 is 20.3 Å². The number of urea groups is 1. The first kappa shape index (κ1) is 18.8. The highest BCUT2D eigenvalue weighted by Crippen LogP contribution is 2.42. The molecule has 1 aromatic carbocycles. The first-order valence-electron chi connectivity index (χ1n) is 10.2. The van der Waals surface area contributed by atoms with Crippen LogP contribution >= 0.6 is 0 Å². The van der Waals surface area contributed by atoms with E-state index in [0.717, 1.165) is 56.9 Å². The minimum absolute atomic E-state index is 0.0274. The molecular formula is C21H28N4O3. The number of aromatic nitrogens is 2. The van der Waals surface area contributed by atoms with Gasteiger partial charge >= 0.3 is 6.03 Å². The van der Waals surface area contributed by atoms with Crippen molar-refractivity contribution in [2.45, 2.75) is 75.8 Å². The number of hydrogen-bond acceptors (Lipinski definition) is 5. The maximum atomic E-state index is 12.7. The average molecular weight is 384 g/mol. The first-order chi connectivity index (χ1) is 13.5. The van der Waals surface area contributed by atoms with E-state index in [9.17, 15) is 9.90 Å². The molecule has 28 heavy (non-hydrogen) atoms. The van der Waals surface area contributed by atoms with Crippen molar-refractivity contribution < 1.29 is 14.4 Å². The summed E-state index contributed by atoms with van der Waals surface area (Å²) in [5, 5.41) is 19.7. The Bertz CT molecular complexity index is 807. The van der Waals surface area contributed by atoms with Crippen molar-refractivity contribution in [3.63, 3.8) is 0 Å². The van der Waals surface area contributed by atoms with Gasteiger partial charge in [0.1, 0.15) is 11.3 Å². The van der Waals surface area contributed by atoms with Gasteiger partial charge in [0.05, 0.1) is 0 Å². The van der Waals surface area contributed by atoms with Crippen LogP contribution in [0.15, 0.2) is 28.8 Å². The normalized spacial score (nSPS) is 19.3. The van der Waals surface area contributed by atoms with Gasteiger partial charge in [-0.3, -0.25) is 0 Å². The Balaban J connectivity index is 1.33. The topological polar surface area (TPSA) is 100 Å². The Morgan fingerprint density at radius 3 is 2.68 bits per heavy atom. The summed E-state index contributed by atoms with van der Waals surface area (Å²) in [6.45, 7) is 2.00. The fourth-order valence-electron chi connectivity index (χ4n) is 3.90. The van der Waals surface area contributed by atoms with E-state index in [1.807, 2.05) is 19.1 Å². The summed E-state index contributed by atoms with van der Waals surface area (Å²) >= 11 is 0. The Morgan fingerprint density at radius 1 is 1.29 bits per heavy atom. The molecule has 2 saturated carbocycles. The molecule has 1 atom stereocenters. The van der Waals surface area contributed by atoms with E-state index in [2.05, 4.69) is 20.8 Å². The quantitative estimate of drug-likeness (QED) is 0.675. The van der Waals surface area contributed by atoms with Crippen LogP contribution < -0.4 is 10.6 Å². The summed E-state index contributed by atoms with van der Waals surface area (Å²) in [7, 11) is 0. The number of hydrogen-bond donors (Lipinski definition) is 3. The molecule has 0 aliphatic heterocycles. The largest absolute Gasteiger partial charge is 0.508 e. The number of phenolic OH excluding ortho intramolecular Hbond substituents is 1. The molecule has 1 heterocycles. The highest BCUT2D eigenvalue weighted by atomic mass is 16.5. The standard InChI is InChI=1S/C21H28N4O3/c1-14(4-5-15-6-10-17(26)11-7-15)22-20(27)24-21(12-2-3-13-21)19-23-18(28-25-19)16-8-9-16/h6-7,10-11,14,16,26H,2-5,8-9,12-13H2,1H3,(H2,22,24,27). The highest BCUT2D eigenvalue weighted by Gasteiger charge is 2.42. The molecule has 2 amide bonds. The Hall–Kier alpha value is -2.57. The van der Waals surface area contributed by atoms with E-state index < -0.39 is 5.54 Å². The maximum Gasteiger partial charge on any atom is 0.315 e. The number of aryl methyl sites for hydroxylation is 1. The average Bonchev–Trinajstić information content (AvgIpc) is 3.20. The third-order valence-corrected chi connectivity index (χ3v) is 5.79. The fraction of sp³-hybridized carbons (Fsp3) is 0.571. The van der Waals surface area contributed by atoms with E-state index >= 15 is 0 Å². The van der Waals surface area contributed by atoms with E-state index in [1.54, 1.807) is 12.1 Å². The Labute approximate surface area is 164 Å². The van der Waals surface area contributed by atoms with Gasteiger partial charge in [0, 0.05) is 12.0 Å². The Morgan fingerprint density at radius 2 is 2.00 bits per heavy atom. The van der Waals surface area contributed by atoms with Crippen LogP contribution in [0.2, 0.25) is 0 Å². The summed E-state index contributed by atoms with van der Waals surface area (Å²) in [4.78, 5) is 17.3. The molecule has 0 saturated heterocycles. The van der Waals surface area contributed by atoms with E-state index in [-0.39, 0.29) is 17.8 Å². The van der Waals surface area contributed by atoms with Gasteiger partial charge in [0.25, 0.3) is 0 Å². The van der Waals surface area contributed by atoms with Crippen LogP contribution in [0.4, 0.5) is 4.79 Å². The minimum atomic E-state index is -0.516. The van der Waals surface area contributed by atoms with Crippen LogP contribution in [0.5, 0.6) is 5.75 Å². The lowest BCUT2D eigenvalue weighted by Gasteiger charge is -2.28. The van der Waals surface area contributed by atoms with Crippen LogP contribution in [0.1, 0.15) is 75.1 Å². The number of aromatic hydroxyl groups is 1. The number of nitrogens with zero attached hydrogens (tertiary/aromatic N) is 2. The summed E-state index contributed by atoms with van der Waals surface area (Å²) in [6.07, 6.45) is 7.65. The molecule has 2 aliphatic carbocycles. The molecule has 0 bridgehead atoms. The molecule has 0 spiro atoms. The number of nitrogens with one attached hydrogen (secondary N) is 2. The number of benzene rings is 1. The molecule has 3 N–H and O–H groups in total. The molecule has 1 aromatic heterocycles. The smallest absolute Gasteiger partial charge is 0.315 e. The predicted molar refractivity (Wildman–Crippen MR) is 104 cm³/mol. The van der Waals surface area contributed by atoms with Crippen molar-refractivity contribution in [1.82, 2.24) is 20.8 Å². The summed E-state index contributed by atoms with van der Waals surface area (Å²) < 4.78 is 5.43. The lowest BCUT2D eigenvalue weighted by Crippen LogP contribution is -2.51. The van der Waals surface area contributed by atoms with Crippen molar-refractivity contribution in [3.05, 3.63) is 41.5 Å². The second-order valence-electron chi connectivity index (χ2n) is 8.22. The highest BCUT2D eigenvalue weighted by molar-refractivity contribution is 5.75. The number of amides is 2. The van der Waals surface area contributed by atoms with E-state index in [0.29, 0.717) is 17.6 Å². The number of carbonyl (C=O) groups excluding carboxylic acids is 1. The molecule has 0 radical (unpaired) electrons. The molecule has 4 rings (SSSR count). The molecule has 2 fully saturated rings. The number of rotatable bonds is 7. The zero-order valence-corrected chi connectivity index (χ0v) is 16.3. The van der Waals surface area contributed by atoms with Gasteiger partial charge in [0.15, 0.2) is 5.82 Å². The first-order valence-corrected chi connectivity index (χ1v) is 10.2. The second-order valence-corrected chi connectivity index (χ2v) is 8.22. The monoisotopic (exact) mass is 384 g/mol. The molecule has 2 aliphatic rings. The second kappa shape index (κ2) is 7.81. The fourth-order valence-corrected chi connectivity index (χ4v) is 3.90. The van der Waals surface area contributed by atoms with Crippen LogP contribution in [0.25, 0.3) is 0 Å². The van der Waals surface area contributed by atoms with Crippen molar-refractivity contribution >= 4 is 6.03 Å². The van der Waals surface area contributed by atoms with Crippen molar-refractivity contribution in [2.24, 2.45) is 0 Å². The van der Waals surface area contributed by atoms with Crippen LogP contribution in [-0.4, -0.2) is 27.3 Å². The molecule has 7 nitrogen and oxygen atoms in total. The maximum absolute atomic E-state index is 12.7. The van der Waals surface area contributed by atoms with Gasteiger partial charge in [-0.2, -0.15) is 4.98 Å². The van der Waals surface area contributed by atoms with Gasteiger partial charge in [-0.15, -0.1) is 0 Å². The van der Waals surface area contributed by atoms with Crippen molar-refractivity contribution in [1.29, 1.82) is 0 Å².